The van der Waals surface area contributed by atoms with E-state index in [2.05, 4.69) is 5.32 Å². The van der Waals surface area contributed by atoms with E-state index in [1.807, 2.05) is 6.92 Å². The molecule has 3 aliphatic rings. The molecule has 33 heavy (non-hydrogen) atoms. The summed E-state index contributed by atoms with van der Waals surface area (Å²) in [6, 6.07) is 6.33. The molecule has 4 rings (SSSR count). The molecule has 0 saturated carbocycles. The van der Waals surface area contributed by atoms with Crippen molar-refractivity contribution in [2.24, 2.45) is 11.8 Å². The molecular formula is C24H31ClN2O5S. The molecule has 0 aromatic heterocycles. The summed E-state index contributed by atoms with van der Waals surface area (Å²) in [6.07, 6.45) is 3.51. The molecule has 2 amide bonds. The first-order valence-electron chi connectivity index (χ1n) is 11.6. The van der Waals surface area contributed by atoms with Gasteiger partial charge < -0.3 is 20.1 Å². The second-order valence-corrected chi connectivity index (χ2v) is 11.6. The lowest BCUT2D eigenvalue weighted by molar-refractivity contribution is -0.155. The van der Waals surface area contributed by atoms with Gasteiger partial charge in [0.2, 0.25) is 11.8 Å². The minimum Gasteiger partial charge on any atom is -0.466 e. The Morgan fingerprint density at radius 1 is 1.27 bits per heavy atom. The zero-order valence-electron chi connectivity index (χ0n) is 19.0. The fourth-order valence-corrected chi connectivity index (χ4v) is 8.42. The van der Waals surface area contributed by atoms with E-state index < -0.39 is 27.4 Å². The fourth-order valence-electron chi connectivity index (χ4n) is 5.89. The number of nitrogens with zero attached hydrogens (tertiary/aromatic N) is 1. The molecule has 0 aliphatic carbocycles. The van der Waals surface area contributed by atoms with Gasteiger partial charge in [-0.2, -0.15) is 0 Å². The van der Waals surface area contributed by atoms with Crippen LogP contribution in [0.3, 0.4) is 0 Å². The molecular weight excluding hydrogens is 464 g/mol. The lowest BCUT2D eigenvalue weighted by Gasteiger charge is -2.34. The summed E-state index contributed by atoms with van der Waals surface area (Å²) in [6.45, 7) is 4.54. The summed E-state index contributed by atoms with van der Waals surface area (Å²) in [7, 11) is 0. The van der Waals surface area contributed by atoms with Gasteiger partial charge in [0.25, 0.3) is 0 Å². The molecule has 3 aliphatic heterocycles. The number of carbonyl (C=O) groups is 3. The molecule has 2 N–H and O–H groups in total. The zero-order chi connectivity index (χ0) is 23.8. The summed E-state index contributed by atoms with van der Waals surface area (Å²) in [5.74, 6) is -1.92. The van der Waals surface area contributed by atoms with Gasteiger partial charge in [-0.3, -0.25) is 14.4 Å². The molecule has 9 heteroatoms. The maximum absolute atomic E-state index is 13.8. The summed E-state index contributed by atoms with van der Waals surface area (Å²) in [5.41, 5.74) is 0.502. The SMILES string of the molecule is CCOC(=O)[C@H]1[C@H]2C(=O)N(CCCCCO)C(C(=O)Nc3ccccc3Cl)C23CC[C@]1(C)S3. The van der Waals surface area contributed by atoms with Crippen molar-refractivity contribution in [1.82, 2.24) is 4.90 Å². The Morgan fingerprint density at radius 2 is 2.03 bits per heavy atom. The first-order valence-corrected chi connectivity index (χ1v) is 12.8. The summed E-state index contributed by atoms with van der Waals surface area (Å²) in [4.78, 5) is 42.1. The fraction of sp³-hybridized carbons (Fsp3) is 0.625. The van der Waals surface area contributed by atoms with Crippen molar-refractivity contribution in [1.29, 1.82) is 0 Å². The molecule has 3 heterocycles. The van der Waals surface area contributed by atoms with Crippen LogP contribution in [0.4, 0.5) is 5.69 Å². The van der Waals surface area contributed by atoms with Crippen LogP contribution in [0, 0.1) is 11.8 Å². The number of halogens is 1. The Bertz CT molecular complexity index is 945. The van der Waals surface area contributed by atoms with E-state index in [1.54, 1.807) is 47.9 Å². The van der Waals surface area contributed by atoms with Crippen molar-refractivity contribution in [3.63, 3.8) is 0 Å². The first kappa shape index (κ1) is 24.4. The van der Waals surface area contributed by atoms with Crippen LogP contribution < -0.4 is 5.32 Å². The average Bonchev–Trinajstić information content (AvgIpc) is 3.34. The number of aliphatic hydroxyl groups excluding tert-OH is 1. The number of hydrogen-bond acceptors (Lipinski definition) is 6. The van der Waals surface area contributed by atoms with E-state index in [0.29, 0.717) is 36.5 Å². The third kappa shape index (κ3) is 4.04. The van der Waals surface area contributed by atoms with E-state index in [4.69, 9.17) is 21.4 Å². The second-order valence-electron chi connectivity index (χ2n) is 9.26. The van der Waals surface area contributed by atoms with Crippen LogP contribution in [-0.4, -0.2) is 63.1 Å². The van der Waals surface area contributed by atoms with Gasteiger partial charge in [-0.15, -0.1) is 11.8 Å². The molecule has 1 spiro atoms. The number of esters is 1. The highest BCUT2D eigenvalue weighted by molar-refractivity contribution is 8.02. The number of carbonyl (C=O) groups excluding carboxylic acids is 3. The number of para-hydroxylation sites is 1. The van der Waals surface area contributed by atoms with Crippen molar-refractivity contribution >= 4 is 46.8 Å². The number of fused-ring (bicyclic) bond motifs is 1. The smallest absolute Gasteiger partial charge is 0.311 e. The van der Waals surface area contributed by atoms with Gasteiger partial charge in [-0.1, -0.05) is 23.7 Å². The van der Waals surface area contributed by atoms with Crippen LogP contribution in [0.25, 0.3) is 0 Å². The number of hydrogen-bond donors (Lipinski definition) is 2. The molecule has 2 unspecified atom stereocenters. The minimum absolute atomic E-state index is 0.0933. The van der Waals surface area contributed by atoms with Crippen LogP contribution >= 0.6 is 23.4 Å². The molecule has 0 radical (unpaired) electrons. The quantitative estimate of drug-likeness (QED) is 0.403. The van der Waals surface area contributed by atoms with Crippen molar-refractivity contribution < 1.29 is 24.2 Å². The van der Waals surface area contributed by atoms with Gasteiger partial charge in [0.15, 0.2) is 0 Å². The van der Waals surface area contributed by atoms with Crippen LogP contribution in [0.5, 0.6) is 0 Å². The summed E-state index contributed by atoms with van der Waals surface area (Å²) in [5, 5.41) is 12.5. The normalized spacial score (nSPS) is 32.2. The zero-order valence-corrected chi connectivity index (χ0v) is 20.6. The summed E-state index contributed by atoms with van der Waals surface area (Å²) >= 11 is 7.90. The molecule has 5 atom stereocenters. The molecule has 7 nitrogen and oxygen atoms in total. The Hall–Kier alpha value is -1.77. The Balaban J connectivity index is 1.69. The Morgan fingerprint density at radius 3 is 2.73 bits per heavy atom. The number of benzene rings is 1. The van der Waals surface area contributed by atoms with Gasteiger partial charge >= 0.3 is 5.97 Å². The maximum atomic E-state index is 13.8. The highest BCUT2D eigenvalue weighted by atomic mass is 35.5. The number of aliphatic hydroxyl groups is 1. The average molecular weight is 495 g/mol. The molecule has 3 fully saturated rings. The molecule has 180 valence electrons. The van der Waals surface area contributed by atoms with E-state index in [-0.39, 0.29) is 31.0 Å². The predicted octanol–water partition coefficient (Wildman–Crippen LogP) is 3.49. The molecule has 1 aromatic carbocycles. The summed E-state index contributed by atoms with van der Waals surface area (Å²) < 4.78 is 4.28. The highest BCUT2D eigenvalue weighted by Crippen LogP contribution is 2.71. The lowest BCUT2D eigenvalue weighted by Crippen LogP contribution is -2.51. The number of amides is 2. The maximum Gasteiger partial charge on any atom is 0.311 e. The van der Waals surface area contributed by atoms with Crippen molar-refractivity contribution in [2.75, 3.05) is 25.1 Å². The number of unbranched alkanes of at least 4 members (excludes halogenated alkanes) is 2. The third-order valence-corrected chi connectivity index (χ3v) is 9.57. The van der Waals surface area contributed by atoms with Crippen LogP contribution in [0.15, 0.2) is 24.3 Å². The third-order valence-electron chi connectivity index (χ3n) is 7.25. The van der Waals surface area contributed by atoms with Crippen molar-refractivity contribution in [3.8, 4) is 0 Å². The first-order chi connectivity index (χ1) is 15.8. The van der Waals surface area contributed by atoms with Crippen LogP contribution in [0.1, 0.15) is 46.0 Å². The largest absolute Gasteiger partial charge is 0.466 e. The topological polar surface area (TPSA) is 95.9 Å². The van der Waals surface area contributed by atoms with Gasteiger partial charge in [-0.05, 0) is 58.1 Å². The Labute approximate surface area is 203 Å². The van der Waals surface area contributed by atoms with Crippen molar-refractivity contribution in [2.45, 2.75) is 61.5 Å². The number of nitrogens with one attached hydrogen (secondary N) is 1. The number of thioether (sulfide) groups is 1. The number of anilines is 1. The Kier molecular flexibility index (Phi) is 6.99. The number of ether oxygens (including phenoxy) is 1. The second kappa shape index (κ2) is 9.47. The van der Waals surface area contributed by atoms with E-state index in [1.165, 1.54) is 0 Å². The van der Waals surface area contributed by atoms with Gasteiger partial charge in [0.1, 0.15) is 6.04 Å². The van der Waals surface area contributed by atoms with Gasteiger partial charge in [0.05, 0.1) is 33.9 Å². The van der Waals surface area contributed by atoms with E-state index in [9.17, 15) is 14.4 Å². The van der Waals surface area contributed by atoms with E-state index >= 15 is 0 Å². The molecule has 1 aromatic rings. The number of rotatable bonds is 9. The minimum atomic E-state index is -0.702. The van der Waals surface area contributed by atoms with Crippen molar-refractivity contribution in [3.05, 3.63) is 29.3 Å². The molecule has 2 bridgehead atoms. The van der Waals surface area contributed by atoms with E-state index in [0.717, 1.165) is 12.8 Å². The monoisotopic (exact) mass is 494 g/mol. The van der Waals surface area contributed by atoms with Crippen LogP contribution in [0.2, 0.25) is 5.02 Å². The van der Waals surface area contributed by atoms with Gasteiger partial charge in [0, 0.05) is 17.9 Å². The molecule has 3 saturated heterocycles. The van der Waals surface area contributed by atoms with Gasteiger partial charge in [-0.25, -0.2) is 0 Å². The van der Waals surface area contributed by atoms with Crippen LogP contribution in [-0.2, 0) is 19.1 Å². The lowest BCUT2D eigenvalue weighted by atomic mass is 9.66. The predicted molar refractivity (Wildman–Crippen MR) is 128 cm³/mol. The number of likely N-dealkylation sites (tertiary alicyclic amines) is 1. The standard InChI is InChI=1S/C24H31ClN2O5S/c1-3-32-22(31)18-17-21(30)27(13-7-4-8-14-28)19(24(17)12-11-23(18,2)33-24)20(29)26-16-10-6-5-9-15(16)25/h5-6,9-10,17-19,28H,3-4,7-8,11-14H2,1-2H3,(H,26,29)/t17-,18+,19?,23-,24?/m0/s1. The highest BCUT2D eigenvalue weighted by Gasteiger charge is 2.77.